The maximum atomic E-state index is 13.7. The first-order chi connectivity index (χ1) is 9.87. The van der Waals surface area contributed by atoms with Gasteiger partial charge in [-0.15, -0.1) is 0 Å². The van der Waals surface area contributed by atoms with E-state index in [1.165, 1.54) is 43.4 Å². The van der Waals surface area contributed by atoms with Gasteiger partial charge in [0, 0.05) is 12.1 Å². The second-order valence-corrected chi connectivity index (χ2v) is 6.71. The van der Waals surface area contributed by atoms with E-state index >= 15 is 0 Å². The number of hydrogen-bond acceptors (Lipinski definition) is 3. The van der Waals surface area contributed by atoms with Crippen LogP contribution in [0, 0.1) is 5.82 Å². The Kier molecular flexibility index (Phi) is 4.51. The van der Waals surface area contributed by atoms with Crippen LogP contribution in [0.15, 0.2) is 47.4 Å². The van der Waals surface area contributed by atoms with E-state index in [1.807, 2.05) is 0 Å². The topological polar surface area (TPSA) is 57.6 Å². The first kappa shape index (κ1) is 15.8. The number of halogens is 2. The Morgan fingerprint density at radius 3 is 2.48 bits per heavy atom. The van der Waals surface area contributed by atoms with Gasteiger partial charge in [0.25, 0.3) is 10.0 Å². The third kappa shape index (κ3) is 3.02. The van der Waals surface area contributed by atoms with E-state index in [-0.39, 0.29) is 22.2 Å². The van der Waals surface area contributed by atoms with E-state index < -0.39 is 15.8 Å². The van der Waals surface area contributed by atoms with Crippen molar-refractivity contribution in [3.63, 3.8) is 0 Å². The van der Waals surface area contributed by atoms with Crippen LogP contribution in [0.3, 0.4) is 0 Å². The first-order valence-corrected chi connectivity index (χ1v) is 7.82. The molecule has 0 atom stereocenters. The van der Waals surface area contributed by atoms with Crippen LogP contribution >= 0.6 is 11.6 Å². The molecule has 21 heavy (non-hydrogen) atoms. The fourth-order valence-electron chi connectivity index (χ4n) is 1.81. The predicted molar refractivity (Wildman–Crippen MR) is 79.4 cm³/mol. The summed E-state index contributed by atoms with van der Waals surface area (Å²) in [6, 6.07) is 9.56. The summed E-state index contributed by atoms with van der Waals surface area (Å²) < 4.78 is 39.5. The molecule has 0 radical (unpaired) electrons. The van der Waals surface area contributed by atoms with E-state index in [4.69, 9.17) is 16.7 Å². The molecule has 2 aromatic carbocycles. The highest BCUT2D eigenvalue weighted by Crippen LogP contribution is 2.27. The molecule has 7 heteroatoms. The lowest BCUT2D eigenvalue weighted by molar-refractivity contribution is 0.282. The number of aliphatic hydroxyl groups excluding tert-OH is 1. The molecular formula is C14H13ClFNO3S. The summed E-state index contributed by atoms with van der Waals surface area (Å²) in [6.45, 7) is -0.289. The molecule has 0 unspecified atom stereocenters. The molecule has 0 saturated carbocycles. The normalized spacial score (nSPS) is 11.4. The molecule has 0 heterocycles. The summed E-state index contributed by atoms with van der Waals surface area (Å²) in [7, 11) is -2.67. The van der Waals surface area contributed by atoms with Crippen LogP contribution in [0.2, 0.25) is 5.02 Å². The number of para-hydroxylation sites is 1. The summed E-state index contributed by atoms with van der Waals surface area (Å²) in [6.07, 6.45) is 0. The number of rotatable bonds is 4. The largest absolute Gasteiger partial charge is 0.392 e. The SMILES string of the molecule is CN(c1ccccc1F)S(=O)(=O)c1ccc(CO)c(Cl)c1. The lowest BCUT2D eigenvalue weighted by Crippen LogP contribution is -2.27. The van der Waals surface area contributed by atoms with Gasteiger partial charge in [-0.25, -0.2) is 12.8 Å². The van der Waals surface area contributed by atoms with Crippen molar-refractivity contribution in [1.29, 1.82) is 0 Å². The zero-order chi connectivity index (χ0) is 15.6. The molecule has 0 amide bonds. The third-order valence-electron chi connectivity index (χ3n) is 3.04. The predicted octanol–water partition coefficient (Wildman–Crippen LogP) is 2.80. The minimum absolute atomic E-state index is 0.0557. The summed E-state index contributed by atoms with van der Waals surface area (Å²) in [5.41, 5.74) is 0.365. The summed E-state index contributed by atoms with van der Waals surface area (Å²) in [5.74, 6) is -0.637. The average molecular weight is 330 g/mol. The molecule has 0 aliphatic rings. The van der Waals surface area contributed by atoms with Gasteiger partial charge in [0.2, 0.25) is 0 Å². The Morgan fingerprint density at radius 1 is 1.24 bits per heavy atom. The maximum Gasteiger partial charge on any atom is 0.264 e. The summed E-state index contributed by atoms with van der Waals surface area (Å²) in [4.78, 5) is -0.0737. The van der Waals surface area contributed by atoms with Gasteiger partial charge in [-0.05, 0) is 29.8 Å². The number of nitrogens with zero attached hydrogens (tertiary/aromatic N) is 1. The fourth-order valence-corrected chi connectivity index (χ4v) is 3.35. The van der Waals surface area contributed by atoms with Gasteiger partial charge in [-0.3, -0.25) is 4.31 Å². The van der Waals surface area contributed by atoms with Gasteiger partial charge in [-0.1, -0.05) is 29.8 Å². The lowest BCUT2D eigenvalue weighted by atomic mass is 10.2. The quantitative estimate of drug-likeness (QED) is 0.938. The molecule has 0 aliphatic heterocycles. The molecule has 4 nitrogen and oxygen atoms in total. The average Bonchev–Trinajstić information content (AvgIpc) is 2.47. The summed E-state index contributed by atoms with van der Waals surface area (Å²) in [5, 5.41) is 9.18. The van der Waals surface area contributed by atoms with Crippen LogP contribution < -0.4 is 4.31 Å². The van der Waals surface area contributed by atoms with Gasteiger partial charge in [0.1, 0.15) is 5.82 Å². The Bertz CT molecular complexity index is 765. The van der Waals surface area contributed by atoms with Crippen molar-refractivity contribution in [3.05, 3.63) is 58.9 Å². The molecule has 0 aromatic heterocycles. The standard InChI is InChI=1S/C14H13ClFNO3S/c1-17(14-5-3-2-4-13(14)16)21(19,20)11-7-6-10(9-18)12(15)8-11/h2-8,18H,9H2,1H3. The van der Waals surface area contributed by atoms with Crippen molar-refractivity contribution < 1.29 is 17.9 Å². The highest BCUT2D eigenvalue weighted by atomic mass is 35.5. The number of sulfonamides is 1. The van der Waals surface area contributed by atoms with Gasteiger partial charge >= 0.3 is 0 Å². The molecule has 0 bridgehead atoms. The third-order valence-corrected chi connectivity index (χ3v) is 5.16. The van der Waals surface area contributed by atoms with Crippen LogP contribution in [0.1, 0.15) is 5.56 Å². The van der Waals surface area contributed by atoms with Gasteiger partial charge in [-0.2, -0.15) is 0 Å². The zero-order valence-electron chi connectivity index (χ0n) is 11.1. The first-order valence-electron chi connectivity index (χ1n) is 6.00. The van der Waals surface area contributed by atoms with Gasteiger partial charge in [0.05, 0.1) is 17.2 Å². The molecule has 112 valence electrons. The fraction of sp³-hybridized carbons (Fsp3) is 0.143. The Morgan fingerprint density at radius 2 is 1.90 bits per heavy atom. The highest BCUT2D eigenvalue weighted by Gasteiger charge is 2.24. The smallest absolute Gasteiger partial charge is 0.264 e. The Labute approximate surface area is 127 Å². The van der Waals surface area contributed by atoms with Crippen LogP contribution in [-0.4, -0.2) is 20.6 Å². The number of benzene rings is 2. The zero-order valence-corrected chi connectivity index (χ0v) is 12.7. The molecule has 0 aliphatic carbocycles. The van der Waals surface area contributed by atoms with Crippen LogP contribution in [0.5, 0.6) is 0 Å². The van der Waals surface area contributed by atoms with E-state index in [9.17, 15) is 12.8 Å². The van der Waals surface area contributed by atoms with E-state index in [2.05, 4.69) is 0 Å². The molecule has 1 N–H and O–H groups in total. The second-order valence-electron chi connectivity index (χ2n) is 4.34. The molecule has 2 aromatic rings. The van der Waals surface area contributed by atoms with Crippen molar-refractivity contribution in [2.24, 2.45) is 0 Å². The van der Waals surface area contributed by atoms with E-state index in [1.54, 1.807) is 6.07 Å². The van der Waals surface area contributed by atoms with E-state index in [0.717, 1.165) is 4.31 Å². The van der Waals surface area contributed by atoms with Crippen molar-refractivity contribution in [1.82, 2.24) is 0 Å². The molecule has 0 fully saturated rings. The molecule has 0 spiro atoms. The molecule has 2 rings (SSSR count). The van der Waals surface area contributed by atoms with Crippen molar-refractivity contribution in [2.45, 2.75) is 11.5 Å². The minimum atomic E-state index is -3.93. The number of aliphatic hydroxyl groups is 1. The van der Waals surface area contributed by atoms with Gasteiger partial charge < -0.3 is 5.11 Å². The van der Waals surface area contributed by atoms with Crippen LogP contribution in [0.25, 0.3) is 0 Å². The summed E-state index contributed by atoms with van der Waals surface area (Å²) >= 11 is 5.90. The highest BCUT2D eigenvalue weighted by molar-refractivity contribution is 7.92. The Balaban J connectivity index is 2.47. The van der Waals surface area contributed by atoms with Gasteiger partial charge in [0.15, 0.2) is 0 Å². The van der Waals surface area contributed by atoms with Crippen LogP contribution in [-0.2, 0) is 16.6 Å². The van der Waals surface area contributed by atoms with Crippen molar-refractivity contribution >= 4 is 27.3 Å². The van der Waals surface area contributed by atoms with Crippen molar-refractivity contribution in [2.75, 3.05) is 11.4 Å². The van der Waals surface area contributed by atoms with Crippen LogP contribution in [0.4, 0.5) is 10.1 Å². The van der Waals surface area contributed by atoms with E-state index in [0.29, 0.717) is 5.56 Å². The molecule has 0 saturated heterocycles. The number of anilines is 1. The lowest BCUT2D eigenvalue weighted by Gasteiger charge is -2.20. The second kappa shape index (κ2) is 6.01. The van der Waals surface area contributed by atoms with Crippen molar-refractivity contribution in [3.8, 4) is 0 Å². The molecular weight excluding hydrogens is 317 g/mol. The minimum Gasteiger partial charge on any atom is -0.392 e. The Hall–Kier alpha value is -1.63. The maximum absolute atomic E-state index is 13.7. The monoisotopic (exact) mass is 329 g/mol. The number of hydrogen-bond donors (Lipinski definition) is 1.